The van der Waals surface area contributed by atoms with Gasteiger partial charge in [0.05, 0.1) is 22.4 Å². The van der Waals surface area contributed by atoms with Gasteiger partial charge in [-0.2, -0.15) is 5.10 Å². The van der Waals surface area contributed by atoms with Gasteiger partial charge in [-0.05, 0) is 68.7 Å². The summed E-state index contributed by atoms with van der Waals surface area (Å²) in [6.45, 7) is 5.22. The summed E-state index contributed by atoms with van der Waals surface area (Å²) in [7, 11) is 4.00. The maximum Gasteiger partial charge on any atom is 0.161 e. The van der Waals surface area contributed by atoms with Gasteiger partial charge in [-0.1, -0.05) is 6.92 Å². The summed E-state index contributed by atoms with van der Waals surface area (Å²) >= 11 is 0. The molecule has 0 atom stereocenters. The second-order valence-electron chi connectivity index (χ2n) is 10.1. The Morgan fingerprint density at radius 1 is 0.927 bits per heavy atom. The number of imidazole rings is 1. The molecule has 0 aliphatic rings. The molecule has 0 aliphatic carbocycles. The molecule has 6 aromatic rings. The second kappa shape index (κ2) is 11.4. The van der Waals surface area contributed by atoms with Crippen LogP contribution < -0.4 is 10.6 Å². The standard InChI is InChI=1S/C30H31FN10/c1-4-32-15-18-11-20(17-33-16-18)23-5-6-25-28(36-23)29(40-39-25)30-37-24-7-8-35-26(27(24)38-30)19-12-21(31)14-22(13-19)34-9-10-41(2)3/h5-8,11-14,16-17,32,34H,4,9-10,15H2,1-3H3,(H,37,38)(H,39,40). The molecule has 0 amide bonds. The van der Waals surface area contributed by atoms with Gasteiger partial charge < -0.3 is 20.5 Å². The predicted molar refractivity (Wildman–Crippen MR) is 160 cm³/mol. The lowest BCUT2D eigenvalue weighted by Crippen LogP contribution is -2.20. The summed E-state index contributed by atoms with van der Waals surface area (Å²) < 4.78 is 14.6. The van der Waals surface area contributed by atoms with E-state index in [2.05, 4.69) is 53.7 Å². The fourth-order valence-electron chi connectivity index (χ4n) is 4.73. The fraction of sp³-hybridized carbons (Fsp3) is 0.233. The van der Waals surface area contributed by atoms with Gasteiger partial charge in [0.2, 0.25) is 0 Å². The summed E-state index contributed by atoms with van der Waals surface area (Å²) in [6.07, 6.45) is 5.36. The van der Waals surface area contributed by atoms with Gasteiger partial charge in [0.1, 0.15) is 16.9 Å². The van der Waals surface area contributed by atoms with Crippen LogP contribution in [0.5, 0.6) is 0 Å². The summed E-state index contributed by atoms with van der Waals surface area (Å²) in [5, 5.41) is 14.2. The zero-order chi connectivity index (χ0) is 28.3. The summed E-state index contributed by atoms with van der Waals surface area (Å²) in [4.78, 5) is 24.2. The number of hydrogen-bond donors (Lipinski definition) is 4. The molecular formula is C30H31FN10. The number of halogens is 1. The highest BCUT2D eigenvalue weighted by molar-refractivity contribution is 5.95. The van der Waals surface area contributed by atoms with Crippen molar-refractivity contribution in [3.63, 3.8) is 0 Å². The molecule has 10 nitrogen and oxygen atoms in total. The topological polar surface area (TPSA) is 123 Å². The molecule has 0 bridgehead atoms. The van der Waals surface area contributed by atoms with E-state index in [-0.39, 0.29) is 5.82 Å². The molecule has 5 heterocycles. The van der Waals surface area contributed by atoms with Crippen molar-refractivity contribution in [1.82, 2.24) is 45.3 Å². The molecule has 208 valence electrons. The Labute approximate surface area is 236 Å². The number of benzene rings is 1. The van der Waals surface area contributed by atoms with Crippen LogP contribution in [0.3, 0.4) is 0 Å². The number of hydrogen-bond acceptors (Lipinski definition) is 8. The zero-order valence-electron chi connectivity index (χ0n) is 23.2. The summed E-state index contributed by atoms with van der Waals surface area (Å²) in [5.74, 6) is 0.202. The number of nitrogens with zero attached hydrogens (tertiary/aromatic N) is 6. The van der Waals surface area contributed by atoms with Crippen LogP contribution in [0.15, 0.2) is 61.1 Å². The number of rotatable bonds is 10. The average Bonchev–Trinajstić information content (AvgIpc) is 3.59. The minimum Gasteiger partial charge on any atom is -0.384 e. The molecule has 4 N–H and O–H groups in total. The Hall–Kier alpha value is -4.74. The normalized spacial score (nSPS) is 11.6. The highest BCUT2D eigenvalue weighted by Gasteiger charge is 2.18. The minimum atomic E-state index is -0.344. The highest BCUT2D eigenvalue weighted by atomic mass is 19.1. The van der Waals surface area contributed by atoms with E-state index in [1.165, 1.54) is 12.1 Å². The molecule has 0 radical (unpaired) electrons. The number of aromatic nitrogens is 7. The monoisotopic (exact) mass is 550 g/mol. The Balaban J connectivity index is 1.37. The molecule has 6 rings (SSSR count). The lowest BCUT2D eigenvalue weighted by molar-refractivity contribution is 0.425. The van der Waals surface area contributed by atoms with Crippen molar-refractivity contribution in [3.05, 3.63) is 72.4 Å². The molecule has 0 saturated heterocycles. The van der Waals surface area contributed by atoms with Gasteiger partial charge in [0.25, 0.3) is 0 Å². The van der Waals surface area contributed by atoms with Gasteiger partial charge in [-0.3, -0.25) is 15.1 Å². The van der Waals surface area contributed by atoms with Crippen LogP contribution in [0.25, 0.3) is 56.1 Å². The predicted octanol–water partition coefficient (Wildman–Crippen LogP) is 4.85. The van der Waals surface area contributed by atoms with Crippen molar-refractivity contribution in [2.75, 3.05) is 39.0 Å². The van der Waals surface area contributed by atoms with Gasteiger partial charge in [0, 0.05) is 55.0 Å². The van der Waals surface area contributed by atoms with E-state index in [0.29, 0.717) is 46.0 Å². The van der Waals surface area contributed by atoms with Crippen molar-refractivity contribution < 1.29 is 4.39 Å². The molecule has 0 spiro atoms. The van der Waals surface area contributed by atoms with Crippen LogP contribution >= 0.6 is 0 Å². The van der Waals surface area contributed by atoms with Gasteiger partial charge in [-0.25, -0.2) is 14.4 Å². The summed E-state index contributed by atoms with van der Waals surface area (Å²) in [5.41, 5.74) is 8.17. The molecule has 5 aromatic heterocycles. The Kier molecular flexibility index (Phi) is 7.36. The van der Waals surface area contributed by atoms with E-state index in [1.807, 2.05) is 50.8 Å². The van der Waals surface area contributed by atoms with Crippen molar-refractivity contribution in [1.29, 1.82) is 0 Å². The maximum absolute atomic E-state index is 14.6. The molecule has 0 fully saturated rings. The number of fused-ring (bicyclic) bond motifs is 2. The largest absolute Gasteiger partial charge is 0.384 e. The Morgan fingerprint density at radius 3 is 2.66 bits per heavy atom. The first-order chi connectivity index (χ1) is 20.0. The third-order valence-corrected chi connectivity index (χ3v) is 6.76. The lowest BCUT2D eigenvalue weighted by Gasteiger charge is -2.12. The van der Waals surface area contributed by atoms with E-state index in [9.17, 15) is 4.39 Å². The first-order valence-electron chi connectivity index (χ1n) is 13.5. The quantitative estimate of drug-likeness (QED) is 0.191. The number of likely N-dealkylation sites (N-methyl/N-ethyl adjacent to an activating group) is 1. The molecule has 11 heteroatoms. The van der Waals surface area contributed by atoms with Crippen LogP contribution in [0.4, 0.5) is 10.1 Å². The van der Waals surface area contributed by atoms with Crippen molar-refractivity contribution in [2.45, 2.75) is 13.5 Å². The van der Waals surface area contributed by atoms with E-state index in [1.54, 1.807) is 6.20 Å². The third-order valence-electron chi connectivity index (χ3n) is 6.76. The van der Waals surface area contributed by atoms with Crippen LogP contribution in [-0.2, 0) is 6.54 Å². The van der Waals surface area contributed by atoms with Crippen molar-refractivity contribution in [3.8, 4) is 34.0 Å². The van der Waals surface area contributed by atoms with Crippen molar-refractivity contribution >= 4 is 27.8 Å². The highest BCUT2D eigenvalue weighted by Crippen LogP contribution is 2.32. The van der Waals surface area contributed by atoms with Gasteiger partial charge in [0.15, 0.2) is 11.5 Å². The van der Waals surface area contributed by atoms with Gasteiger partial charge >= 0.3 is 0 Å². The number of pyridine rings is 3. The first kappa shape index (κ1) is 26.5. The zero-order valence-corrected chi connectivity index (χ0v) is 23.2. The summed E-state index contributed by atoms with van der Waals surface area (Å²) in [6, 6.07) is 12.7. The third kappa shape index (κ3) is 5.63. The smallest absolute Gasteiger partial charge is 0.161 e. The van der Waals surface area contributed by atoms with Crippen LogP contribution in [0, 0.1) is 5.82 Å². The molecule has 0 aliphatic heterocycles. The number of nitrogens with one attached hydrogen (secondary N) is 4. The van der Waals surface area contributed by atoms with Crippen molar-refractivity contribution in [2.24, 2.45) is 0 Å². The van der Waals surface area contributed by atoms with Crippen LogP contribution in [0.1, 0.15) is 12.5 Å². The van der Waals surface area contributed by atoms with Crippen LogP contribution in [-0.4, -0.2) is 73.7 Å². The number of anilines is 1. The van der Waals surface area contributed by atoms with Gasteiger partial charge in [-0.15, -0.1) is 0 Å². The molecule has 0 saturated carbocycles. The number of H-pyrrole nitrogens is 2. The minimum absolute atomic E-state index is 0.344. The van der Waals surface area contributed by atoms with E-state index >= 15 is 0 Å². The maximum atomic E-state index is 14.6. The molecule has 1 aromatic carbocycles. The molecule has 41 heavy (non-hydrogen) atoms. The fourth-order valence-corrected chi connectivity index (χ4v) is 4.73. The van der Waals surface area contributed by atoms with E-state index in [4.69, 9.17) is 9.97 Å². The lowest BCUT2D eigenvalue weighted by atomic mass is 10.1. The SMILES string of the molecule is CCNCc1cncc(-c2ccc3[nH]nc(-c4nc5c(-c6cc(F)cc(NCCN(C)C)c6)nccc5[nH]4)c3n2)c1. The van der Waals surface area contributed by atoms with Crippen LogP contribution in [0.2, 0.25) is 0 Å². The average molecular weight is 551 g/mol. The number of aromatic amines is 2. The molecule has 0 unspecified atom stereocenters. The Bertz CT molecular complexity index is 1820. The Morgan fingerprint density at radius 2 is 1.80 bits per heavy atom. The van der Waals surface area contributed by atoms with E-state index in [0.717, 1.165) is 47.5 Å². The molecular weight excluding hydrogens is 519 g/mol. The van der Waals surface area contributed by atoms with E-state index < -0.39 is 0 Å². The second-order valence-corrected chi connectivity index (χ2v) is 10.1. The first-order valence-corrected chi connectivity index (χ1v) is 13.5.